The molecule has 0 aliphatic rings. The summed E-state index contributed by atoms with van der Waals surface area (Å²) in [5.74, 6) is -0.856. The van der Waals surface area contributed by atoms with Crippen LogP contribution in [0.5, 0.6) is 5.75 Å². The van der Waals surface area contributed by atoms with Crippen LogP contribution in [0.3, 0.4) is 0 Å². The van der Waals surface area contributed by atoms with Gasteiger partial charge in [0, 0.05) is 21.7 Å². The fourth-order valence-corrected chi connectivity index (χ4v) is 4.98. The number of hydrogen-bond acceptors (Lipinski definition) is 5. The SMILES string of the molecule is O=C(N[C@@H](Cc1ccc(OCc2ccoc2)cc1)C(=O)O)c1cc2cc(-c3ccc(Cl)cc3)ccc2s1. The summed E-state index contributed by atoms with van der Waals surface area (Å²) in [5, 5.41) is 14.0. The van der Waals surface area contributed by atoms with Crippen LogP contribution < -0.4 is 10.1 Å². The van der Waals surface area contributed by atoms with E-state index in [0.29, 0.717) is 22.3 Å². The van der Waals surface area contributed by atoms with Gasteiger partial charge >= 0.3 is 5.97 Å². The molecule has 186 valence electrons. The molecule has 5 aromatic rings. The first kappa shape index (κ1) is 24.6. The number of carbonyl (C=O) groups excluding carboxylic acids is 1. The van der Waals surface area contributed by atoms with Gasteiger partial charge in [0.15, 0.2) is 0 Å². The number of amides is 1. The zero-order chi connectivity index (χ0) is 25.8. The molecule has 0 saturated heterocycles. The molecule has 6 nitrogen and oxygen atoms in total. The van der Waals surface area contributed by atoms with Crippen LogP contribution in [0, 0.1) is 0 Å². The number of carbonyl (C=O) groups is 2. The zero-order valence-electron chi connectivity index (χ0n) is 19.5. The second-order valence-electron chi connectivity index (χ2n) is 8.50. The summed E-state index contributed by atoms with van der Waals surface area (Å²) in [6.07, 6.45) is 3.35. The summed E-state index contributed by atoms with van der Waals surface area (Å²) < 4.78 is 11.7. The van der Waals surface area contributed by atoms with Gasteiger partial charge in [-0.2, -0.15) is 0 Å². The van der Waals surface area contributed by atoms with Crippen molar-refractivity contribution in [2.45, 2.75) is 19.1 Å². The van der Waals surface area contributed by atoms with Gasteiger partial charge in [0.05, 0.1) is 17.4 Å². The number of halogens is 1. The summed E-state index contributed by atoms with van der Waals surface area (Å²) in [7, 11) is 0. The molecule has 3 aromatic carbocycles. The van der Waals surface area contributed by atoms with Gasteiger partial charge in [-0.3, -0.25) is 4.79 Å². The van der Waals surface area contributed by atoms with E-state index in [1.807, 2.05) is 48.5 Å². The minimum absolute atomic E-state index is 0.148. The van der Waals surface area contributed by atoms with Crippen molar-refractivity contribution in [2.24, 2.45) is 0 Å². The Balaban J connectivity index is 1.25. The Bertz CT molecular complexity index is 1530. The number of carboxylic acids is 1. The molecule has 0 bridgehead atoms. The molecule has 0 unspecified atom stereocenters. The van der Waals surface area contributed by atoms with Gasteiger partial charge in [0.1, 0.15) is 18.4 Å². The molecule has 1 atom stereocenters. The molecule has 0 fully saturated rings. The van der Waals surface area contributed by atoms with Crippen molar-refractivity contribution < 1.29 is 23.8 Å². The number of furan rings is 1. The Kier molecular flexibility index (Phi) is 7.25. The molecule has 37 heavy (non-hydrogen) atoms. The predicted molar refractivity (Wildman–Crippen MR) is 144 cm³/mol. The van der Waals surface area contributed by atoms with E-state index in [0.717, 1.165) is 32.3 Å². The fraction of sp³-hybridized carbons (Fsp3) is 0.103. The first-order valence-corrected chi connectivity index (χ1v) is 12.7. The van der Waals surface area contributed by atoms with E-state index in [4.69, 9.17) is 20.8 Å². The molecule has 8 heteroatoms. The standard InChI is InChI=1S/C29H22ClNO5S/c30-23-6-3-20(4-7-23)21-5-10-26-22(14-21)15-27(37-26)28(32)31-25(29(33)34)13-18-1-8-24(9-2-18)36-17-19-11-12-35-16-19/h1-12,14-16,25H,13,17H2,(H,31,32)(H,33,34)/t25-/m0/s1. The molecule has 2 heterocycles. The average Bonchev–Trinajstić information content (AvgIpc) is 3.58. The van der Waals surface area contributed by atoms with E-state index in [9.17, 15) is 14.7 Å². The van der Waals surface area contributed by atoms with Gasteiger partial charge < -0.3 is 19.6 Å². The molecule has 5 rings (SSSR count). The lowest BCUT2D eigenvalue weighted by Gasteiger charge is -2.14. The van der Waals surface area contributed by atoms with Crippen LogP contribution in [-0.2, 0) is 17.8 Å². The highest BCUT2D eigenvalue weighted by molar-refractivity contribution is 7.20. The van der Waals surface area contributed by atoms with Crippen molar-refractivity contribution in [3.05, 3.63) is 112 Å². The van der Waals surface area contributed by atoms with Crippen molar-refractivity contribution in [2.75, 3.05) is 0 Å². The maximum Gasteiger partial charge on any atom is 0.326 e. The first-order valence-electron chi connectivity index (χ1n) is 11.5. The number of aliphatic carboxylic acids is 1. The molecule has 0 radical (unpaired) electrons. The van der Waals surface area contributed by atoms with Crippen LogP contribution in [0.1, 0.15) is 20.8 Å². The number of fused-ring (bicyclic) bond motifs is 1. The highest BCUT2D eigenvalue weighted by Gasteiger charge is 2.22. The second-order valence-corrected chi connectivity index (χ2v) is 10.0. The number of hydrogen-bond donors (Lipinski definition) is 2. The molecule has 2 N–H and O–H groups in total. The van der Waals surface area contributed by atoms with Gasteiger partial charge in [0.2, 0.25) is 0 Å². The molecule has 2 aromatic heterocycles. The van der Waals surface area contributed by atoms with Gasteiger partial charge in [-0.1, -0.05) is 41.9 Å². The molecule has 0 aliphatic heterocycles. The van der Waals surface area contributed by atoms with Crippen molar-refractivity contribution in [3.63, 3.8) is 0 Å². The Morgan fingerprint density at radius 3 is 2.41 bits per heavy atom. The van der Waals surface area contributed by atoms with Crippen molar-refractivity contribution in [1.29, 1.82) is 0 Å². The third-order valence-electron chi connectivity index (χ3n) is 5.87. The van der Waals surface area contributed by atoms with E-state index >= 15 is 0 Å². The summed E-state index contributed by atoms with van der Waals surface area (Å²) in [6.45, 7) is 0.375. The number of rotatable bonds is 9. The maximum absolute atomic E-state index is 13.0. The summed E-state index contributed by atoms with van der Waals surface area (Å²) in [4.78, 5) is 25.3. The van der Waals surface area contributed by atoms with E-state index in [-0.39, 0.29) is 6.42 Å². The van der Waals surface area contributed by atoms with Crippen molar-refractivity contribution in [3.8, 4) is 16.9 Å². The van der Waals surface area contributed by atoms with E-state index < -0.39 is 17.9 Å². The minimum Gasteiger partial charge on any atom is -0.489 e. The number of thiophene rings is 1. The van der Waals surface area contributed by atoms with Crippen LogP contribution in [0.25, 0.3) is 21.2 Å². The number of carboxylic acid groups (broad SMARTS) is 1. The lowest BCUT2D eigenvalue weighted by atomic mass is 10.0. The van der Waals surface area contributed by atoms with Gasteiger partial charge in [0.25, 0.3) is 5.91 Å². The predicted octanol–water partition coefficient (Wildman–Crippen LogP) is 6.82. The molecule has 0 spiro atoms. The lowest BCUT2D eigenvalue weighted by molar-refractivity contribution is -0.139. The van der Waals surface area contributed by atoms with Crippen LogP contribution in [0.4, 0.5) is 0 Å². The van der Waals surface area contributed by atoms with Crippen molar-refractivity contribution in [1.82, 2.24) is 5.32 Å². The monoisotopic (exact) mass is 531 g/mol. The maximum atomic E-state index is 13.0. The van der Waals surface area contributed by atoms with Gasteiger partial charge in [-0.15, -0.1) is 11.3 Å². The lowest BCUT2D eigenvalue weighted by Crippen LogP contribution is -2.42. The van der Waals surface area contributed by atoms with Gasteiger partial charge in [-0.05, 0) is 70.6 Å². The highest BCUT2D eigenvalue weighted by Crippen LogP contribution is 2.31. The Hall–Kier alpha value is -4.07. The van der Waals surface area contributed by atoms with Crippen LogP contribution in [-0.4, -0.2) is 23.0 Å². The molecule has 0 aliphatic carbocycles. The number of benzene rings is 3. The normalized spacial score (nSPS) is 11.8. The van der Waals surface area contributed by atoms with E-state index in [1.165, 1.54) is 11.3 Å². The van der Waals surface area contributed by atoms with Crippen LogP contribution in [0.2, 0.25) is 5.02 Å². The van der Waals surface area contributed by atoms with Crippen molar-refractivity contribution >= 4 is 44.9 Å². The third-order valence-corrected chi connectivity index (χ3v) is 7.24. The minimum atomic E-state index is -1.10. The molecular formula is C29H22ClNO5S. The van der Waals surface area contributed by atoms with Gasteiger partial charge in [-0.25, -0.2) is 4.79 Å². The summed E-state index contributed by atoms with van der Waals surface area (Å²) >= 11 is 7.32. The van der Waals surface area contributed by atoms with Crippen LogP contribution in [0.15, 0.2) is 95.8 Å². The van der Waals surface area contributed by atoms with Crippen LogP contribution >= 0.6 is 22.9 Å². The Morgan fingerprint density at radius 1 is 0.946 bits per heavy atom. The fourth-order valence-electron chi connectivity index (χ4n) is 3.91. The second kappa shape index (κ2) is 10.9. The Labute approximate surface area is 222 Å². The topological polar surface area (TPSA) is 88.8 Å². The smallest absolute Gasteiger partial charge is 0.326 e. The summed E-state index contributed by atoms with van der Waals surface area (Å²) in [6, 6.07) is 23.2. The van der Waals surface area contributed by atoms with E-state index in [1.54, 1.807) is 42.9 Å². The molecule has 1 amide bonds. The quantitative estimate of drug-likeness (QED) is 0.218. The third kappa shape index (κ3) is 6.02. The number of nitrogens with one attached hydrogen (secondary N) is 1. The summed E-state index contributed by atoms with van der Waals surface area (Å²) in [5.41, 5.74) is 3.72. The molecule has 0 saturated carbocycles. The Morgan fingerprint density at radius 2 is 1.70 bits per heavy atom. The molecular weight excluding hydrogens is 510 g/mol. The van der Waals surface area contributed by atoms with E-state index in [2.05, 4.69) is 5.32 Å². The first-order chi connectivity index (χ1) is 17.9. The number of ether oxygens (including phenoxy) is 1. The zero-order valence-corrected chi connectivity index (χ0v) is 21.1. The highest BCUT2D eigenvalue weighted by atomic mass is 35.5. The average molecular weight is 532 g/mol. The largest absolute Gasteiger partial charge is 0.489 e.